The molecule has 4 nitrogen and oxygen atoms in total. The second kappa shape index (κ2) is 17.1. The molecule has 2 aromatic carbocycles. The van der Waals surface area contributed by atoms with Crippen molar-refractivity contribution in [2.75, 3.05) is 6.61 Å². The third-order valence-corrected chi connectivity index (χ3v) is 6.01. The molecular formula is C28H43N3O. The standard InChI is InChI=1S/C28H43N3O/c29-28(31-30)26-22-16-17-23-27(26)32-24-18-11-9-7-5-3-1-2-4-6-8-10-13-19-25-20-14-12-15-21-25/h12,14-17,20-23H,1-11,13,18-19,24,30H2,(H2,29,31). The molecule has 0 saturated heterocycles. The highest BCUT2D eigenvalue weighted by Gasteiger charge is 2.06. The van der Waals surface area contributed by atoms with Crippen molar-refractivity contribution in [3.8, 4) is 5.75 Å². The van der Waals surface area contributed by atoms with Crippen LogP contribution in [0.2, 0.25) is 0 Å². The maximum atomic E-state index is 5.87. The molecular weight excluding hydrogens is 394 g/mol. The molecule has 0 bridgehead atoms. The van der Waals surface area contributed by atoms with Gasteiger partial charge in [0.05, 0.1) is 12.2 Å². The van der Waals surface area contributed by atoms with Gasteiger partial charge in [0, 0.05) is 0 Å². The molecule has 0 aromatic heterocycles. The molecule has 0 saturated carbocycles. The second-order valence-electron chi connectivity index (χ2n) is 8.69. The minimum absolute atomic E-state index is 0.309. The lowest BCUT2D eigenvalue weighted by Gasteiger charge is -2.10. The number of rotatable bonds is 18. The summed E-state index contributed by atoms with van der Waals surface area (Å²) in [4.78, 5) is 0. The number of hydrogen-bond acceptors (Lipinski definition) is 3. The van der Waals surface area contributed by atoms with Crippen LogP contribution in [0.4, 0.5) is 0 Å². The minimum atomic E-state index is 0.309. The molecule has 0 spiro atoms. The monoisotopic (exact) mass is 437 g/mol. The van der Waals surface area contributed by atoms with Crippen molar-refractivity contribution in [3.63, 3.8) is 0 Å². The second-order valence-corrected chi connectivity index (χ2v) is 8.69. The van der Waals surface area contributed by atoms with Crippen molar-refractivity contribution in [2.45, 2.75) is 89.9 Å². The Morgan fingerprint density at radius 3 is 1.72 bits per heavy atom. The molecule has 32 heavy (non-hydrogen) atoms. The Kier molecular flexibility index (Phi) is 13.8. The number of nitrogens with zero attached hydrogens (tertiary/aromatic N) is 1. The van der Waals surface area contributed by atoms with E-state index in [1.165, 1.54) is 89.0 Å². The Labute approximate surface area is 195 Å². The molecule has 0 aliphatic rings. The Morgan fingerprint density at radius 1 is 0.625 bits per heavy atom. The zero-order valence-corrected chi connectivity index (χ0v) is 19.8. The van der Waals surface area contributed by atoms with Gasteiger partial charge in [0.1, 0.15) is 5.75 Å². The highest BCUT2D eigenvalue weighted by molar-refractivity contribution is 5.99. The average molecular weight is 438 g/mol. The van der Waals surface area contributed by atoms with Gasteiger partial charge in [-0.1, -0.05) is 113 Å². The van der Waals surface area contributed by atoms with E-state index >= 15 is 0 Å². The van der Waals surface area contributed by atoms with Gasteiger partial charge in [-0.3, -0.25) is 0 Å². The van der Waals surface area contributed by atoms with Gasteiger partial charge in [0.2, 0.25) is 0 Å². The maximum Gasteiger partial charge on any atom is 0.154 e. The molecule has 0 aliphatic carbocycles. The van der Waals surface area contributed by atoms with Gasteiger partial charge < -0.3 is 16.3 Å². The number of para-hydroxylation sites is 1. The SMILES string of the molecule is N/N=C(\N)c1ccccc1OCCCCCCCCCCCCCCCc1ccccc1. The first kappa shape index (κ1) is 25.8. The summed E-state index contributed by atoms with van der Waals surface area (Å²) in [5, 5.41) is 3.57. The number of nitrogens with two attached hydrogens (primary N) is 2. The fraction of sp³-hybridized carbons (Fsp3) is 0.536. The van der Waals surface area contributed by atoms with Crippen molar-refractivity contribution < 1.29 is 4.74 Å². The Morgan fingerprint density at radius 2 is 1.12 bits per heavy atom. The smallest absolute Gasteiger partial charge is 0.154 e. The fourth-order valence-corrected chi connectivity index (χ4v) is 4.08. The summed E-state index contributed by atoms with van der Waals surface area (Å²) in [5.74, 6) is 6.35. The summed E-state index contributed by atoms with van der Waals surface area (Å²) in [5.41, 5.74) is 8.06. The lowest BCUT2D eigenvalue weighted by atomic mass is 10.0. The topological polar surface area (TPSA) is 73.6 Å². The van der Waals surface area contributed by atoms with Crippen LogP contribution in [0.1, 0.15) is 94.6 Å². The average Bonchev–Trinajstić information content (AvgIpc) is 2.84. The van der Waals surface area contributed by atoms with E-state index in [9.17, 15) is 0 Å². The highest BCUT2D eigenvalue weighted by Crippen LogP contribution is 2.18. The molecule has 2 rings (SSSR count). The van der Waals surface area contributed by atoms with Gasteiger partial charge in [-0.2, -0.15) is 5.10 Å². The summed E-state index contributed by atoms with van der Waals surface area (Å²) in [6.45, 7) is 0.709. The van der Waals surface area contributed by atoms with Crippen LogP contribution in [0.25, 0.3) is 0 Å². The highest BCUT2D eigenvalue weighted by atomic mass is 16.5. The van der Waals surface area contributed by atoms with Gasteiger partial charge in [-0.05, 0) is 37.0 Å². The van der Waals surface area contributed by atoms with E-state index in [0.717, 1.165) is 17.7 Å². The largest absolute Gasteiger partial charge is 0.493 e. The van der Waals surface area contributed by atoms with E-state index < -0.39 is 0 Å². The van der Waals surface area contributed by atoms with Gasteiger partial charge in [-0.25, -0.2) is 0 Å². The quantitative estimate of drug-likeness (QED) is 0.0870. The van der Waals surface area contributed by atoms with Crippen LogP contribution in [-0.2, 0) is 6.42 Å². The first-order valence-electron chi connectivity index (χ1n) is 12.6. The number of unbranched alkanes of at least 4 members (excludes halogenated alkanes) is 12. The van der Waals surface area contributed by atoms with Crippen LogP contribution in [0.5, 0.6) is 5.75 Å². The third-order valence-electron chi connectivity index (χ3n) is 6.01. The summed E-state index contributed by atoms with van der Waals surface area (Å²) in [6, 6.07) is 18.5. The van der Waals surface area contributed by atoms with E-state index in [2.05, 4.69) is 35.4 Å². The molecule has 0 amide bonds. The summed E-state index contributed by atoms with van der Waals surface area (Å²) in [7, 11) is 0. The van der Waals surface area contributed by atoms with E-state index in [1.807, 2.05) is 24.3 Å². The molecule has 0 radical (unpaired) electrons. The van der Waals surface area contributed by atoms with E-state index in [0.29, 0.717) is 12.4 Å². The predicted octanol–water partition coefficient (Wildman–Crippen LogP) is 6.96. The molecule has 0 atom stereocenters. The summed E-state index contributed by atoms with van der Waals surface area (Å²) < 4.78 is 5.87. The van der Waals surface area contributed by atoms with E-state index in [1.54, 1.807) is 0 Å². The number of aryl methyl sites for hydroxylation is 1. The Balaban J connectivity index is 1.34. The Bertz CT molecular complexity index is 745. The summed E-state index contributed by atoms with van der Waals surface area (Å²) in [6.07, 6.45) is 18.6. The molecule has 4 heteroatoms. The maximum absolute atomic E-state index is 5.87. The van der Waals surface area contributed by atoms with Crippen LogP contribution >= 0.6 is 0 Å². The summed E-state index contributed by atoms with van der Waals surface area (Å²) >= 11 is 0. The van der Waals surface area contributed by atoms with Gasteiger partial charge in [0.15, 0.2) is 5.84 Å². The molecule has 4 N–H and O–H groups in total. The van der Waals surface area contributed by atoms with Gasteiger partial charge in [-0.15, -0.1) is 0 Å². The molecule has 0 fully saturated rings. The zero-order chi connectivity index (χ0) is 22.7. The molecule has 2 aromatic rings. The molecule has 176 valence electrons. The van der Waals surface area contributed by atoms with E-state index in [4.69, 9.17) is 16.3 Å². The third kappa shape index (κ3) is 11.2. The van der Waals surface area contributed by atoms with E-state index in [-0.39, 0.29) is 0 Å². The first-order valence-corrected chi connectivity index (χ1v) is 12.6. The van der Waals surface area contributed by atoms with Crippen LogP contribution in [-0.4, -0.2) is 12.4 Å². The van der Waals surface area contributed by atoms with Crippen molar-refractivity contribution in [2.24, 2.45) is 16.7 Å². The normalized spacial score (nSPS) is 11.6. The van der Waals surface area contributed by atoms with Gasteiger partial charge >= 0.3 is 0 Å². The number of ether oxygens (including phenoxy) is 1. The van der Waals surface area contributed by atoms with Crippen LogP contribution < -0.4 is 16.3 Å². The minimum Gasteiger partial charge on any atom is -0.493 e. The van der Waals surface area contributed by atoms with Crippen LogP contribution in [0.15, 0.2) is 59.7 Å². The molecule has 0 heterocycles. The van der Waals surface area contributed by atoms with Crippen molar-refractivity contribution >= 4 is 5.84 Å². The van der Waals surface area contributed by atoms with Crippen LogP contribution in [0.3, 0.4) is 0 Å². The Hall–Kier alpha value is -2.49. The number of amidine groups is 1. The zero-order valence-electron chi connectivity index (χ0n) is 19.8. The molecule has 0 aliphatic heterocycles. The number of benzene rings is 2. The fourth-order valence-electron chi connectivity index (χ4n) is 4.08. The first-order chi connectivity index (χ1) is 15.8. The lowest BCUT2D eigenvalue weighted by molar-refractivity contribution is 0.303. The lowest BCUT2D eigenvalue weighted by Crippen LogP contribution is -2.17. The number of hydrazone groups is 1. The van der Waals surface area contributed by atoms with Crippen LogP contribution in [0, 0.1) is 0 Å². The number of hydrogen-bond donors (Lipinski definition) is 2. The van der Waals surface area contributed by atoms with Crippen molar-refractivity contribution in [3.05, 3.63) is 65.7 Å². The molecule has 0 unspecified atom stereocenters. The predicted molar refractivity (Wildman–Crippen MR) is 137 cm³/mol. The van der Waals surface area contributed by atoms with Gasteiger partial charge in [0.25, 0.3) is 0 Å². The van der Waals surface area contributed by atoms with Crippen molar-refractivity contribution in [1.82, 2.24) is 0 Å². The van der Waals surface area contributed by atoms with Crippen molar-refractivity contribution in [1.29, 1.82) is 0 Å².